The summed E-state index contributed by atoms with van der Waals surface area (Å²) in [6.45, 7) is 1.45. The van der Waals surface area contributed by atoms with Crippen LogP contribution in [0.1, 0.15) is 23.5 Å². The Bertz CT molecular complexity index is 1470. The number of hydrogen-bond acceptors (Lipinski definition) is 8. The largest absolute Gasteiger partial charge is 0.378 e. The standard InChI is InChI=1S/C23H23ClN4O5S2/c24-16-8-25-20-15(19(16)18-9-26-22(34-18)23(30)11-33-12-23)7-17(27-20)13-1-4-28(5-2-13)21(29)14-3-6-35(31,32)10-14/h1,7-9,14,30H,2-6,10-12H2,(H,25,27). The highest BCUT2D eigenvalue weighted by molar-refractivity contribution is 7.91. The summed E-state index contributed by atoms with van der Waals surface area (Å²) in [4.78, 5) is 27.6. The van der Waals surface area contributed by atoms with Gasteiger partial charge in [0.15, 0.2) is 15.4 Å². The van der Waals surface area contributed by atoms with Crippen molar-refractivity contribution in [2.24, 2.45) is 5.92 Å². The maximum absolute atomic E-state index is 12.8. The van der Waals surface area contributed by atoms with E-state index in [-0.39, 0.29) is 30.6 Å². The highest BCUT2D eigenvalue weighted by Gasteiger charge is 2.41. The molecule has 1 atom stereocenters. The fraction of sp³-hybridized carbons (Fsp3) is 0.435. The van der Waals surface area contributed by atoms with E-state index >= 15 is 0 Å². The van der Waals surface area contributed by atoms with Crippen LogP contribution >= 0.6 is 22.9 Å². The molecule has 0 radical (unpaired) electrons. The van der Waals surface area contributed by atoms with Crippen molar-refractivity contribution in [3.63, 3.8) is 0 Å². The minimum absolute atomic E-state index is 0.0418. The van der Waals surface area contributed by atoms with Gasteiger partial charge in [-0.15, -0.1) is 11.3 Å². The van der Waals surface area contributed by atoms with E-state index in [9.17, 15) is 18.3 Å². The van der Waals surface area contributed by atoms with Gasteiger partial charge in [-0.3, -0.25) is 4.79 Å². The molecule has 3 aromatic heterocycles. The van der Waals surface area contributed by atoms with E-state index in [1.165, 1.54) is 11.3 Å². The number of aliphatic hydroxyl groups is 1. The quantitative estimate of drug-likeness (QED) is 0.527. The number of nitrogens with zero attached hydrogens (tertiary/aromatic N) is 3. The lowest BCUT2D eigenvalue weighted by molar-refractivity contribution is -0.184. The molecule has 0 aliphatic carbocycles. The van der Waals surface area contributed by atoms with E-state index in [1.807, 2.05) is 12.1 Å². The molecule has 0 aromatic carbocycles. The molecule has 35 heavy (non-hydrogen) atoms. The lowest BCUT2D eigenvalue weighted by atomic mass is 10.0. The molecule has 1 unspecified atom stereocenters. The molecule has 9 nitrogen and oxygen atoms in total. The summed E-state index contributed by atoms with van der Waals surface area (Å²) in [5, 5.41) is 12.5. The maximum Gasteiger partial charge on any atom is 0.227 e. The van der Waals surface area contributed by atoms with Gasteiger partial charge in [-0.25, -0.2) is 18.4 Å². The molecule has 3 aromatic rings. The van der Waals surface area contributed by atoms with Crippen molar-refractivity contribution >= 4 is 55.3 Å². The van der Waals surface area contributed by atoms with Crippen LogP contribution in [0.25, 0.3) is 27.0 Å². The number of nitrogens with one attached hydrogen (secondary N) is 1. The van der Waals surface area contributed by atoms with Crippen LogP contribution in [0.3, 0.4) is 0 Å². The maximum atomic E-state index is 12.8. The van der Waals surface area contributed by atoms with Gasteiger partial charge in [-0.2, -0.15) is 0 Å². The third-order valence-corrected chi connectivity index (χ3v) is 10.2. The first-order chi connectivity index (χ1) is 16.7. The number of carbonyl (C=O) groups excluding carboxylic acids is 1. The highest BCUT2D eigenvalue weighted by atomic mass is 35.5. The number of halogens is 1. The zero-order valence-electron chi connectivity index (χ0n) is 18.7. The van der Waals surface area contributed by atoms with Crippen molar-refractivity contribution in [3.8, 4) is 10.4 Å². The van der Waals surface area contributed by atoms with Crippen LogP contribution in [0, 0.1) is 5.92 Å². The van der Waals surface area contributed by atoms with Gasteiger partial charge in [0.2, 0.25) is 5.91 Å². The number of rotatable bonds is 4. The molecule has 1 amide bonds. The molecule has 2 saturated heterocycles. The normalized spacial score (nSPS) is 23.3. The van der Waals surface area contributed by atoms with Crippen molar-refractivity contribution in [2.45, 2.75) is 18.4 Å². The second-order valence-electron chi connectivity index (χ2n) is 9.34. The molecule has 12 heteroatoms. The topological polar surface area (TPSA) is 125 Å². The van der Waals surface area contributed by atoms with Crippen LogP contribution in [0.2, 0.25) is 5.02 Å². The number of amides is 1. The average molecular weight is 535 g/mol. The van der Waals surface area contributed by atoms with Gasteiger partial charge in [0.05, 0.1) is 40.5 Å². The van der Waals surface area contributed by atoms with Gasteiger partial charge in [0, 0.05) is 42.1 Å². The first-order valence-corrected chi connectivity index (χ1v) is 14.4. The zero-order valence-corrected chi connectivity index (χ0v) is 21.0. The summed E-state index contributed by atoms with van der Waals surface area (Å²) < 4.78 is 28.6. The molecular weight excluding hydrogens is 512 g/mol. The summed E-state index contributed by atoms with van der Waals surface area (Å²) in [5.41, 5.74) is 2.43. The third-order valence-electron chi connectivity index (χ3n) is 6.89. The Kier molecular flexibility index (Phi) is 5.53. The Hall–Kier alpha value is -2.31. The molecule has 184 valence electrons. The smallest absolute Gasteiger partial charge is 0.227 e. The van der Waals surface area contributed by atoms with Crippen LogP contribution in [0.5, 0.6) is 0 Å². The van der Waals surface area contributed by atoms with Crippen molar-refractivity contribution in [1.29, 1.82) is 0 Å². The van der Waals surface area contributed by atoms with E-state index in [0.29, 0.717) is 41.6 Å². The van der Waals surface area contributed by atoms with Crippen LogP contribution in [0.15, 0.2) is 24.5 Å². The van der Waals surface area contributed by atoms with Crippen LogP contribution in [0.4, 0.5) is 0 Å². The third kappa shape index (κ3) is 4.09. The van der Waals surface area contributed by atoms with Crippen molar-refractivity contribution in [3.05, 3.63) is 40.3 Å². The minimum Gasteiger partial charge on any atom is -0.378 e. The Morgan fingerprint density at radius 2 is 2.14 bits per heavy atom. The predicted octanol–water partition coefficient (Wildman–Crippen LogP) is 2.61. The molecule has 6 heterocycles. The van der Waals surface area contributed by atoms with Crippen LogP contribution < -0.4 is 0 Å². The van der Waals surface area contributed by atoms with Gasteiger partial charge in [0.1, 0.15) is 10.7 Å². The summed E-state index contributed by atoms with van der Waals surface area (Å²) in [7, 11) is -3.09. The average Bonchev–Trinajstić information content (AvgIpc) is 3.55. The second-order valence-corrected chi connectivity index (χ2v) is 13.0. The fourth-order valence-corrected chi connectivity index (χ4v) is 7.95. The van der Waals surface area contributed by atoms with E-state index in [0.717, 1.165) is 27.1 Å². The number of thiazole rings is 1. The number of sulfone groups is 1. The molecule has 6 rings (SSSR count). The number of pyridine rings is 1. The van der Waals surface area contributed by atoms with Gasteiger partial charge < -0.3 is 19.7 Å². The SMILES string of the molecule is O=C(C1CCS(=O)(=O)C1)N1CC=C(c2cc3c(-c4cnc(C5(O)COC5)s4)c(Cl)cnc3[nH]2)CC1. The zero-order chi connectivity index (χ0) is 24.4. The summed E-state index contributed by atoms with van der Waals surface area (Å²) in [6.07, 6.45) is 6.39. The molecule has 0 bridgehead atoms. The van der Waals surface area contributed by atoms with Gasteiger partial charge in [-0.05, 0) is 24.5 Å². The molecule has 0 saturated carbocycles. The van der Waals surface area contributed by atoms with Crippen LogP contribution in [-0.2, 0) is 25.0 Å². The van der Waals surface area contributed by atoms with Gasteiger partial charge in [0.25, 0.3) is 0 Å². The van der Waals surface area contributed by atoms with E-state index in [1.54, 1.807) is 17.3 Å². The lowest BCUT2D eigenvalue weighted by Gasteiger charge is -2.34. The number of aromatic nitrogens is 3. The predicted molar refractivity (Wildman–Crippen MR) is 133 cm³/mol. The van der Waals surface area contributed by atoms with Crippen molar-refractivity contribution < 1.29 is 23.1 Å². The summed E-state index contributed by atoms with van der Waals surface area (Å²) in [6, 6.07) is 2.01. The first kappa shape index (κ1) is 23.1. The Morgan fingerprint density at radius 3 is 2.80 bits per heavy atom. The van der Waals surface area contributed by atoms with Crippen molar-refractivity contribution in [2.75, 3.05) is 37.8 Å². The molecule has 3 aliphatic heterocycles. The highest BCUT2D eigenvalue weighted by Crippen LogP contribution is 2.41. The number of H-pyrrole nitrogens is 1. The lowest BCUT2D eigenvalue weighted by Crippen LogP contribution is -2.46. The van der Waals surface area contributed by atoms with E-state index in [4.69, 9.17) is 16.3 Å². The summed E-state index contributed by atoms with van der Waals surface area (Å²) in [5.74, 6) is -0.446. The second kappa shape index (κ2) is 8.38. The van der Waals surface area contributed by atoms with E-state index < -0.39 is 21.4 Å². The molecule has 2 fully saturated rings. The number of hydrogen-bond donors (Lipinski definition) is 2. The summed E-state index contributed by atoms with van der Waals surface area (Å²) >= 11 is 7.94. The monoisotopic (exact) mass is 534 g/mol. The first-order valence-electron chi connectivity index (χ1n) is 11.4. The van der Waals surface area contributed by atoms with Crippen molar-refractivity contribution in [1.82, 2.24) is 19.9 Å². The number of aromatic amines is 1. The number of carbonyl (C=O) groups is 1. The molecular formula is C23H23ClN4O5S2. The Morgan fingerprint density at radius 1 is 1.31 bits per heavy atom. The minimum atomic E-state index is -3.09. The Labute approximate surface area is 210 Å². The Balaban J connectivity index is 1.26. The number of ether oxygens (including phenoxy) is 1. The molecule has 0 spiro atoms. The fourth-order valence-electron chi connectivity index (χ4n) is 4.86. The van der Waals surface area contributed by atoms with Gasteiger partial charge >= 0.3 is 0 Å². The van der Waals surface area contributed by atoms with Crippen LogP contribution in [-0.4, -0.2) is 77.1 Å². The van der Waals surface area contributed by atoms with Gasteiger partial charge in [-0.1, -0.05) is 17.7 Å². The van der Waals surface area contributed by atoms with E-state index in [2.05, 4.69) is 15.0 Å². The molecule has 2 N–H and O–H groups in total. The molecule has 3 aliphatic rings. The number of fused-ring (bicyclic) bond motifs is 1.